The number of amides is 1. The molecule has 0 radical (unpaired) electrons. The van der Waals surface area contributed by atoms with Gasteiger partial charge in [-0.3, -0.25) is 9.59 Å². The number of carbonyl (C=O) groups excluding carboxylic acids is 1. The van der Waals surface area contributed by atoms with Crippen molar-refractivity contribution in [1.82, 2.24) is 4.98 Å². The lowest BCUT2D eigenvalue weighted by molar-refractivity contribution is 0.0995. The summed E-state index contributed by atoms with van der Waals surface area (Å²) in [7, 11) is 0. The van der Waals surface area contributed by atoms with Crippen molar-refractivity contribution < 1.29 is 4.79 Å². The molecule has 1 rings (SSSR count). The fraction of sp³-hybridized carbons (Fsp3) is 0. The summed E-state index contributed by atoms with van der Waals surface area (Å²) >= 11 is 0. The molecule has 0 fully saturated rings. The van der Waals surface area contributed by atoms with Gasteiger partial charge in [0.15, 0.2) is 5.43 Å². The minimum absolute atomic E-state index is 0.132. The van der Waals surface area contributed by atoms with Gasteiger partial charge in [-0.05, 0) is 0 Å². The number of carbonyl (C=O) groups is 1. The van der Waals surface area contributed by atoms with Crippen LogP contribution in [0.25, 0.3) is 0 Å². The Labute approximate surface area is 56.7 Å². The van der Waals surface area contributed by atoms with Crippen molar-refractivity contribution in [1.29, 1.82) is 0 Å². The van der Waals surface area contributed by atoms with E-state index < -0.39 is 5.91 Å². The predicted molar refractivity (Wildman–Crippen MR) is 35.6 cm³/mol. The normalized spacial score (nSPS) is 9.20. The fourth-order valence-corrected chi connectivity index (χ4v) is 0.588. The molecule has 3 N–H and O–H groups in total. The van der Waals surface area contributed by atoms with Crippen molar-refractivity contribution >= 4 is 5.91 Å². The van der Waals surface area contributed by atoms with Gasteiger partial charge in [0.2, 0.25) is 0 Å². The molecule has 0 aliphatic heterocycles. The summed E-state index contributed by atoms with van der Waals surface area (Å²) in [6.07, 6.45) is 1.38. The van der Waals surface area contributed by atoms with E-state index in [1.165, 1.54) is 12.3 Å². The maximum Gasteiger partial charge on any atom is 0.265 e. The van der Waals surface area contributed by atoms with E-state index in [0.29, 0.717) is 0 Å². The van der Waals surface area contributed by atoms with Crippen molar-refractivity contribution in [2.24, 2.45) is 5.73 Å². The van der Waals surface area contributed by atoms with Crippen LogP contribution in [-0.4, -0.2) is 10.9 Å². The Bertz CT molecular complexity index is 303. The minimum atomic E-state index is -0.627. The second-order valence-corrected chi connectivity index (χ2v) is 1.80. The zero-order valence-corrected chi connectivity index (χ0v) is 5.13. The average molecular weight is 138 g/mol. The van der Waals surface area contributed by atoms with Crippen LogP contribution < -0.4 is 11.2 Å². The van der Waals surface area contributed by atoms with Crippen molar-refractivity contribution in [2.45, 2.75) is 0 Å². The summed E-state index contributed by atoms with van der Waals surface area (Å²) in [5.41, 5.74) is 4.78. The van der Waals surface area contributed by atoms with E-state index in [9.17, 15) is 9.59 Å². The molecule has 1 aromatic heterocycles. The van der Waals surface area contributed by atoms with Crippen LogP contribution in [0.4, 0.5) is 0 Å². The highest BCUT2D eigenvalue weighted by Crippen LogP contribution is 1.83. The van der Waals surface area contributed by atoms with Crippen molar-refractivity contribution in [3.8, 4) is 0 Å². The molecule has 10 heavy (non-hydrogen) atoms. The maximum absolute atomic E-state index is 10.6. The molecule has 0 bridgehead atoms. The first kappa shape index (κ1) is 6.54. The van der Waals surface area contributed by atoms with Crippen LogP contribution in [0.15, 0.2) is 23.1 Å². The van der Waals surface area contributed by atoms with Gasteiger partial charge in [-0.25, -0.2) is 0 Å². The molecule has 1 heterocycles. The lowest BCUT2D eigenvalue weighted by Crippen LogP contribution is -2.15. The number of nitrogens with two attached hydrogens (primary N) is 1. The van der Waals surface area contributed by atoms with Gasteiger partial charge >= 0.3 is 0 Å². The standard InChI is InChI=1S/C6H6N2O2/c7-6(10)5-3-4(9)1-2-8-5/h1-3H,(H2,7,10)(H,8,9). The number of hydrogen-bond acceptors (Lipinski definition) is 2. The van der Waals surface area contributed by atoms with E-state index in [2.05, 4.69) is 4.98 Å². The van der Waals surface area contributed by atoms with E-state index >= 15 is 0 Å². The summed E-state index contributed by atoms with van der Waals surface area (Å²) in [6, 6.07) is 2.47. The molecule has 0 saturated heterocycles. The number of pyridine rings is 1. The second kappa shape index (κ2) is 2.34. The molecule has 1 amide bonds. The summed E-state index contributed by atoms with van der Waals surface area (Å²) in [6.45, 7) is 0. The quantitative estimate of drug-likeness (QED) is 0.547. The van der Waals surface area contributed by atoms with E-state index in [1.54, 1.807) is 0 Å². The molecule has 0 unspecified atom stereocenters. The molecule has 1 aromatic rings. The fourth-order valence-electron chi connectivity index (χ4n) is 0.588. The van der Waals surface area contributed by atoms with Gasteiger partial charge < -0.3 is 10.7 Å². The second-order valence-electron chi connectivity index (χ2n) is 1.80. The number of primary amides is 1. The Hall–Kier alpha value is -1.58. The summed E-state index contributed by atoms with van der Waals surface area (Å²) in [5, 5.41) is 0. The van der Waals surface area contributed by atoms with Gasteiger partial charge in [-0.2, -0.15) is 0 Å². The molecular weight excluding hydrogens is 132 g/mol. The molecule has 0 aromatic carbocycles. The molecule has 0 spiro atoms. The van der Waals surface area contributed by atoms with Crippen LogP contribution in [0, 0.1) is 0 Å². The lowest BCUT2D eigenvalue weighted by Gasteiger charge is -1.90. The third kappa shape index (κ3) is 1.22. The van der Waals surface area contributed by atoms with Gasteiger partial charge in [-0.1, -0.05) is 0 Å². The number of aromatic nitrogens is 1. The van der Waals surface area contributed by atoms with Gasteiger partial charge in [0.1, 0.15) is 5.69 Å². The van der Waals surface area contributed by atoms with Gasteiger partial charge in [0, 0.05) is 18.3 Å². The first-order chi connectivity index (χ1) is 4.70. The Morgan fingerprint density at radius 1 is 1.60 bits per heavy atom. The number of nitrogens with one attached hydrogen (secondary N) is 1. The third-order valence-electron chi connectivity index (χ3n) is 1.04. The van der Waals surface area contributed by atoms with Crippen LogP contribution in [0.2, 0.25) is 0 Å². The van der Waals surface area contributed by atoms with Crippen molar-refractivity contribution in [2.75, 3.05) is 0 Å². The highest BCUT2D eigenvalue weighted by Gasteiger charge is 1.97. The molecule has 52 valence electrons. The molecule has 0 atom stereocenters. The van der Waals surface area contributed by atoms with Gasteiger partial charge in [0.25, 0.3) is 5.91 Å². The molecule has 0 aliphatic rings. The van der Waals surface area contributed by atoms with E-state index in [4.69, 9.17) is 5.73 Å². The Balaban J connectivity index is 3.20. The molecule has 4 heteroatoms. The highest BCUT2D eigenvalue weighted by atomic mass is 16.1. The first-order valence-electron chi connectivity index (χ1n) is 2.68. The minimum Gasteiger partial charge on any atom is -0.364 e. The Morgan fingerprint density at radius 3 is 2.70 bits per heavy atom. The van der Waals surface area contributed by atoms with Gasteiger partial charge in [0.05, 0.1) is 0 Å². The predicted octanol–water partition coefficient (Wildman–Crippen LogP) is -0.526. The number of rotatable bonds is 1. The summed E-state index contributed by atoms with van der Waals surface area (Å²) < 4.78 is 0. The SMILES string of the molecule is NC(=O)c1cc(=O)cc[nH]1. The number of H-pyrrole nitrogens is 1. The monoisotopic (exact) mass is 138 g/mol. The van der Waals surface area contributed by atoms with E-state index in [-0.39, 0.29) is 11.1 Å². The molecule has 0 aliphatic carbocycles. The van der Waals surface area contributed by atoms with E-state index in [1.807, 2.05) is 0 Å². The van der Waals surface area contributed by atoms with Gasteiger partial charge in [-0.15, -0.1) is 0 Å². The summed E-state index contributed by atoms with van der Waals surface area (Å²) in [4.78, 5) is 23.5. The third-order valence-corrected chi connectivity index (χ3v) is 1.04. The zero-order valence-electron chi connectivity index (χ0n) is 5.13. The Kier molecular flexibility index (Phi) is 1.53. The smallest absolute Gasteiger partial charge is 0.265 e. The van der Waals surface area contributed by atoms with Crippen molar-refractivity contribution in [3.05, 3.63) is 34.2 Å². The molecular formula is C6H6N2O2. The van der Waals surface area contributed by atoms with Crippen LogP contribution in [0.3, 0.4) is 0 Å². The summed E-state index contributed by atoms with van der Waals surface area (Å²) in [5.74, 6) is -0.627. The molecule has 0 saturated carbocycles. The van der Waals surface area contributed by atoms with Crippen molar-refractivity contribution in [3.63, 3.8) is 0 Å². The zero-order chi connectivity index (χ0) is 7.56. The van der Waals surface area contributed by atoms with E-state index in [0.717, 1.165) is 6.07 Å². The lowest BCUT2D eigenvalue weighted by atomic mass is 10.3. The number of aromatic amines is 1. The highest BCUT2D eigenvalue weighted by molar-refractivity contribution is 5.90. The largest absolute Gasteiger partial charge is 0.364 e. The maximum atomic E-state index is 10.6. The van der Waals surface area contributed by atoms with Crippen LogP contribution >= 0.6 is 0 Å². The molecule has 4 nitrogen and oxygen atoms in total. The Morgan fingerprint density at radius 2 is 2.30 bits per heavy atom. The van der Waals surface area contributed by atoms with Crippen LogP contribution in [0.5, 0.6) is 0 Å². The van der Waals surface area contributed by atoms with Crippen LogP contribution in [-0.2, 0) is 0 Å². The average Bonchev–Trinajstić information content (AvgIpc) is 1.88. The first-order valence-corrected chi connectivity index (χ1v) is 2.68. The topological polar surface area (TPSA) is 76.0 Å². The number of hydrogen-bond donors (Lipinski definition) is 2. The van der Waals surface area contributed by atoms with Crippen LogP contribution in [0.1, 0.15) is 10.5 Å².